The lowest BCUT2D eigenvalue weighted by molar-refractivity contribution is -0.130. The number of halogens is 1. The van der Waals surface area contributed by atoms with Gasteiger partial charge in [0.1, 0.15) is 13.2 Å². The van der Waals surface area contributed by atoms with Gasteiger partial charge in [0, 0.05) is 17.8 Å². The zero-order chi connectivity index (χ0) is 20.6. The highest BCUT2D eigenvalue weighted by atomic mass is 35.5. The van der Waals surface area contributed by atoms with Crippen molar-refractivity contribution in [3.8, 4) is 5.88 Å². The Labute approximate surface area is 169 Å². The molecule has 1 aromatic heterocycles. The van der Waals surface area contributed by atoms with Crippen LogP contribution in [0.2, 0.25) is 0 Å². The highest BCUT2D eigenvalue weighted by Crippen LogP contribution is 2.21. The number of aliphatic hydroxyl groups is 1. The van der Waals surface area contributed by atoms with Gasteiger partial charge in [-0.3, -0.25) is 4.79 Å². The van der Waals surface area contributed by atoms with Gasteiger partial charge in [0.05, 0.1) is 31.6 Å². The molecule has 152 valence electrons. The van der Waals surface area contributed by atoms with E-state index in [1.54, 1.807) is 12.3 Å². The van der Waals surface area contributed by atoms with E-state index < -0.39 is 11.4 Å². The Morgan fingerprint density at radius 2 is 2.00 bits per heavy atom. The molecule has 1 aliphatic heterocycles. The molecule has 9 heteroatoms. The lowest BCUT2D eigenvalue weighted by atomic mass is 10.1. The third-order valence-corrected chi connectivity index (χ3v) is 3.70. The number of amides is 1. The van der Waals surface area contributed by atoms with E-state index in [1.165, 1.54) is 11.2 Å². The summed E-state index contributed by atoms with van der Waals surface area (Å²) < 4.78 is 16.2. The third-order valence-electron chi connectivity index (χ3n) is 3.44. The van der Waals surface area contributed by atoms with Crippen molar-refractivity contribution in [3.63, 3.8) is 0 Å². The molecule has 0 aliphatic carbocycles. The Morgan fingerprint density at radius 3 is 2.64 bits per heavy atom. The van der Waals surface area contributed by atoms with Crippen LogP contribution in [0, 0.1) is 0 Å². The van der Waals surface area contributed by atoms with E-state index in [0.29, 0.717) is 19.1 Å². The predicted octanol–water partition coefficient (Wildman–Crippen LogP) is 2.22. The van der Waals surface area contributed by atoms with Crippen LogP contribution in [0.1, 0.15) is 26.3 Å². The Hall–Kier alpha value is -2.38. The van der Waals surface area contributed by atoms with Crippen molar-refractivity contribution in [2.24, 2.45) is 5.10 Å². The van der Waals surface area contributed by atoms with Crippen molar-refractivity contribution >= 4 is 23.7 Å². The first-order chi connectivity index (χ1) is 13.3. The molecule has 0 radical (unpaired) electrons. The number of carbonyl (C=O) groups excluding carboxylic acids is 1. The fraction of sp³-hybridized carbons (Fsp3) is 0.474. The van der Waals surface area contributed by atoms with Gasteiger partial charge in [0.25, 0.3) is 5.91 Å². The van der Waals surface area contributed by atoms with E-state index in [4.69, 9.17) is 30.9 Å². The average Bonchev–Trinajstić information content (AvgIpc) is 2.79. The maximum Gasteiger partial charge on any atom is 0.294 e. The van der Waals surface area contributed by atoms with Crippen LogP contribution < -0.4 is 4.74 Å². The van der Waals surface area contributed by atoms with Crippen molar-refractivity contribution < 1.29 is 24.1 Å². The maximum atomic E-state index is 12.3. The second-order valence-electron chi connectivity index (χ2n) is 6.81. The minimum atomic E-state index is -0.520. The van der Waals surface area contributed by atoms with E-state index in [9.17, 15) is 4.79 Å². The molecule has 0 fully saturated rings. The smallest absolute Gasteiger partial charge is 0.294 e. The summed E-state index contributed by atoms with van der Waals surface area (Å²) in [6.07, 6.45) is 3.03. The van der Waals surface area contributed by atoms with E-state index >= 15 is 0 Å². The predicted molar refractivity (Wildman–Crippen MR) is 104 cm³/mol. The first kappa shape index (κ1) is 21.9. The largest absolute Gasteiger partial charge is 0.480 e. The topological polar surface area (TPSA) is 93.5 Å². The summed E-state index contributed by atoms with van der Waals surface area (Å²) in [4.78, 5) is 16.4. The molecule has 0 saturated carbocycles. The Bertz CT molecular complexity index is 765. The molecule has 0 saturated heterocycles. The molecule has 0 atom stereocenters. The number of rotatable bonds is 9. The molecule has 1 amide bonds. The van der Waals surface area contributed by atoms with Crippen molar-refractivity contribution in [2.75, 3.05) is 26.4 Å². The van der Waals surface area contributed by atoms with Crippen molar-refractivity contribution in [1.82, 2.24) is 9.99 Å². The summed E-state index contributed by atoms with van der Waals surface area (Å²) in [5.41, 5.74) is 2.99. The molecule has 0 aromatic carbocycles. The van der Waals surface area contributed by atoms with Crippen LogP contribution in [0.4, 0.5) is 0 Å². The number of hydrogen-bond donors (Lipinski definition) is 1. The average molecular weight is 410 g/mol. The van der Waals surface area contributed by atoms with Crippen LogP contribution in [0.15, 0.2) is 40.0 Å². The Morgan fingerprint density at radius 1 is 1.21 bits per heavy atom. The SMILES string of the molecule is CC(C)(C)N1N=CC(OCc2ccc(OCCOCCO)nc2)=C=C(Cl)C1=O. The Balaban J connectivity index is 1.91. The van der Waals surface area contributed by atoms with Crippen LogP contribution in [0.5, 0.6) is 5.88 Å². The number of carbonyl (C=O) groups is 1. The van der Waals surface area contributed by atoms with Gasteiger partial charge in [-0.1, -0.05) is 11.6 Å². The second-order valence-corrected chi connectivity index (χ2v) is 7.19. The quantitative estimate of drug-likeness (QED) is 0.496. The lowest BCUT2D eigenvalue weighted by Crippen LogP contribution is -2.41. The number of pyridine rings is 1. The van der Waals surface area contributed by atoms with E-state index in [2.05, 4.69) is 15.8 Å². The number of hydrogen-bond acceptors (Lipinski definition) is 7. The van der Waals surface area contributed by atoms with E-state index in [0.717, 1.165) is 5.56 Å². The first-order valence-electron chi connectivity index (χ1n) is 8.75. The monoisotopic (exact) mass is 409 g/mol. The number of aromatic nitrogens is 1. The van der Waals surface area contributed by atoms with Crippen LogP contribution in [-0.2, 0) is 20.9 Å². The lowest BCUT2D eigenvalue weighted by Gasteiger charge is -2.29. The molecular weight excluding hydrogens is 386 g/mol. The van der Waals surface area contributed by atoms with Crippen LogP contribution >= 0.6 is 11.6 Å². The molecule has 0 spiro atoms. The summed E-state index contributed by atoms with van der Waals surface area (Å²) in [5.74, 6) is 0.280. The second kappa shape index (κ2) is 10.2. The van der Waals surface area contributed by atoms with Gasteiger partial charge in [-0.2, -0.15) is 5.10 Å². The first-order valence-corrected chi connectivity index (χ1v) is 9.13. The van der Waals surface area contributed by atoms with Gasteiger partial charge >= 0.3 is 0 Å². The van der Waals surface area contributed by atoms with Gasteiger partial charge in [0.15, 0.2) is 10.8 Å². The maximum absolute atomic E-state index is 12.3. The highest BCUT2D eigenvalue weighted by Gasteiger charge is 2.29. The Kier molecular flexibility index (Phi) is 8.02. The molecule has 1 N–H and O–H groups in total. The minimum Gasteiger partial charge on any atom is -0.480 e. The summed E-state index contributed by atoms with van der Waals surface area (Å²) in [6.45, 7) is 6.74. The van der Waals surface area contributed by atoms with Gasteiger partial charge in [0.2, 0.25) is 5.88 Å². The number of aliphatic hydroxyl groups excluding tert-OH is 1. The summed E-state index contributed by atoms with van der Waals surface area (Å²) in [7, 11) is 0. The molecule has 8 nitrogen and oxygen atoms in total. The normalized spacial score (nSPS) is 14.5. The van der Waals surface area contributed by atoms with Crippen LogP contribution in [-0.4, -0.2) is 59.2 Å². The highest BCUT2D eigenvalue weighted by molar-refractivity contribution is 6.42. The zero-order valence-electron chi connectivity index (χ0n) is 16.1. The summed E-state index contributed by atoms with van der Waals surface area (Å²) in [6, 6.07) is 3.53. The third kappa shape index (κ3) is 6.65. The van der Waals surface area contributed by atoms with Gasteiger partial charge < -0.3 is 19.3 Å². The molecule has 2 rings (SSSR count). The standard InChI is InChI=1S/C19H24ClN3O5/c1-19(2,3)23-18(25)16(20)10-15(12-22-23)28-13-14-4-5-17(21-11-14)27-9-8-26-7-6-24/h4-5,11-12,24H,6-9,13H2,1-3H3. The molecule has 2 heterocycles. The van der Waals surface area contributed by atoms with E-state index in [-0.39, 0.29) is 30.6 Å². The van der Waals surface area contributed by atoms with Gasteiger partial charge in [-0.05, 0) is 32.6 Å². The van der Waals surface area contributed by atoms with Gasteiger partial charge in [-0.15, -0.1) is 0 Å². The van der Waals surface area contributed by atoms with Crippen molar-refractivity contribution in [3.05, 3.63) is 40.4 Å². The van der Waals surface area contributed by atoms with Crippen molar-refractivity contribution in [1.29, 1.82) is 0 Å². The van der Waals surface area contributed by atoms with Crippen molar-refractivity contribution in [2.45, 2.75) is 32.9 Å². The van der Waals surface area contributed by atoms with E-state index in [1.807, 2.05) is 26.8 Å². The zero-order valence-corrected chi connectivity index (χ0v) is 16.9. The minimum absolute atomic E-state index is 0.0170. The summed E-state index contributed by atoms with van der Waals surface area (Å²) in [5, 5.41) is 14.0. The summed E-state index contributed by atoms with van der Waals surface area (Å²) >= 11 is 6.03. The fourth-order valence-corrected chi connectivity index (χ4v) is 2.29. The number of nitrogens with zero attached hydrogens (tertiary/aromatic N) is 3. The van der Waals surface area contributed by atoms with Gasteiger partial charge in [-0.25, -0.2) is 9.99 Å². The molecule has 0 unspecified atom stereocenters. The van der Waals surface area contributed by atoms with Crippen LogP contribution in [0.25, 0.3) is 0 Å². The molecule has 0 bridgehead atoms. The fourth-order valence-electron chi connectivity index (χ4n) is 2.12. The number of hydrazone groups is 1. The van der Waals surface area contributed by atoms with Crippen LogP contribution in [0.3, 0.4) is 0 Å². The molecular formula is C19H24ClN3O5. The molecule has 28 heavy (non-hydrogen) atoms. The number of ether oxygens (including phenoxy) is 3. The molecule has 1 aromatic rings. The molecule has 1 aliphatic rings.